The first-order valence-electron chi connectivity index (χ1n) is 3.05. The van der Waals surface area contributed by atoms with Crippen LogP contribution in [-0.2, 0) is 4.74 Å². The molecule has 3 heteroatoms. The second kappa shape index (κ2) is 6.27. The standard InChI is InChI=1S/C7H11NO2/c1-2-5-10-6-7(9)3-4-8/h2,7,9H,1,3,5-6H2. The van der Waals surface area contributed by atoms with Gasteiger partial charge in [0.25, 0.3) is 0 Å². The number of aliphatic hydroxyl groups excluding tert-OH is 1. The van der Waals surface area contributed by atoms with Crippen LogP contribution >= 0.6 is 0 Å². The summed E-state index contributed by atoms with van der Waals surface area (Å²) in [5, 5.41) is 17.0. The molecule has 0 bridgehead atoms. The largest absolute Gasteiger partial charge is 0.390 e. The third-order valence-electron chi connectivity index (χ3n) is 0.873. The first-order valence-corrected chi connectivity index (χ1v) is 3.05. The maximum absolute atomic E-state index is 8.89. The molecule has 1 atom stereocenters. The van der Waals surface area contributed by atoms with Gasteiger partial charge < -0.3 is 9.84 Å². The van der Waals surface area contributed by atoms with E-state index in [4.69, 9.17) is 15.1 Å². The summed E-state index contributed by atoms with van der Waals surface area (Å²) in [6.07, 6.45) is 1.06. The quantitative estimate of drug-likeness (QED) is 0.447. The monoisotopic (exact) mass is 141 g/mol. The summed E-state index contributed by atoms with van der Waals surface area (Å²) in [5.74, 6) is 0. The Bertz CT molecular complexity index is 128. The second-order valence-corrected chi connectivity index (χ2v) is 1.84. The van der Waals surface area contributed by atoms with E-state index in [1.165, 1.54) is 0 Å². The Labute approximate surface area is 60.5 Å². The van der Waals surface area contributed by atoms with E-state index in [1.807, 2.05) is 6.07 Å². The molecule has 1 unspecified atom stereocenters. The molecule has 0 radical (unpaired) electrons. The SMILES string of the molecule is C=CCOCC(O)CC#N. The van der Waals surface area contributed by atoms with Crippen LogP contribution in [-0.4, -0.2) is 24.4 Å². The second-order valence-electron chi connectivity index (χ2n) is 1.84. The normalized spacial score (nSPS) is 12.0. The van der Waals surface area contributed by atoms with Crippen LogP contribution in [0, 0.1) is 11.3 Å². The molecule has 0 amide bonds. The fourth-order valence-electron chi connectivity index (χ4n) is 0.452. The van der Waals surface area contributed by atoms with E-state index in [1.54, 1.807) is 6.08 Å². The zero-order valence-electron chi connectivity index (χ0n) is 5.79. The van der Waals surface area contributed by atoms with Gasteiger partial charge in [-0.2, -0.15) is 5.26 Å². The predicted molar refractivity (Wildman–Crippen MR) is 37.3 cm³/mol. The molecule has 0 aromatic heterocycles. The Morgan fingerprint density at radius 1 is 1.80 bits per heavy atom. The van der Waals surface area contributed by atoms with Crippen molar-refractivity contribution in [2.45, 2.75) is 12.5 Å². The molecular weight excluding hydrogens is 130 g/mol. The minimum absolute atomic E-state index is 0.122. The Morgan fingerprint density at radius 2 is 2.50 bits per heavy atom. The topological polar surface area (TPSA) is 53.2 Å². The van der Waals surface area contributed by atoms with E-state index in [2.05, 4.69) is 6.58 Å². The van der Waals surface area contributed by atoms with Crippen LogP contribution in [0.25, 0.3) is 0 Å². The van der Waals surface area contributed by atoms with E-state index in [0.717, 1.165) is 0 Å². The van der Waals surface area contributed by atoms with E-state index >= 15 is 0 Å². The highest BCUT2D eigenvalue weighted by molar-refractivity contribution is 4.75. The third kappa shape index (κ3) is 5.29. The number of nitriles is 1. The van der Waals surface area contributed by atoms with Gasteiger partial charge in [-0.15, -0.1) is 6.58 Å². The number of hydrogen-bond acceptors (Lipinski definition) is 3. The number of rotatable bonds is 5. The minimum Gasteiger partial charge on any atom is -0.390 e. The smallest absolute Gasteiger partial charge is 0.0903 e. The van der Waals surface area contributed by atoms with Gasteiger partial charge in [0.05, 0.1) is 31.8 Å². The fourth-order valence-corrected chi connectivity index (χ4v) is 0.452. The highest BCUT2D eigenvalue weighted by Gasteiger charge is 2.00. The number of nitrogens with zero attached hydrogens (tertiary/aromatic N) is 1. The van der Waals surface area contributed by atoms with Gasteiger partial charge in [0.15, 0.2) is 0 Å². The molecule has 0 heterocycles. The molecule has 1 N–H and O–H groups in total. The molecule has 0 aromatic rings. The van der Waals surface area contributed by atoms with Crippen molar-refractivity contribution < 1.29 is 9.84 Å². The van der Waals surface area contributed by atoms with Gasteiger partial charge in [-0.05, 0) is 0 Å². The molecule has 0 fully saturated rings. The Morgan fingerprint density at radius 3 is 3.00 bits per heavy atom. The van der Waals surface area contributed by atoms with Crippen molar-refractivity contribution in [2.75, 3.05) is 13.2 Å². The van der Waals surface area contributed by atoms with Crippen molar-refractivity contribution in [3.63, 3.8) is 0 Å². The van der Waals surface area contributed by atoms with Gasteiger partial charge in [0, 0.05) is 0 Å². The van der Waals surface area contributed by atoms with Crippen molar-refractivity contribution in [3.8, 4) is 6.07 Å². The zero-order chi connectivity index (χ0) is 7.82. The number of aliphatic hydroxyl groups is 1. The Balaban J connectivity index is 3.14. The molecule has 0 aromatic carbocycles. The van der Waals surface area contributed by atoms with Gasteiger partial charge in [-0.3, -0.25) is 0 Å². The summed E-state index contributed by atoms with van der Waals surface area (Å²) < 4.78 is 4.88. The molecule has 0 saturated carbocycles. The molecule has 3 nitrogen and oxygen atoms in total. The Hall–Kier alpha value is -0.850. The van der Waals surface area contributed by atoms with Crippen molar-refractivity contribution in [1.82, 2.24) is 0 Å². The van der Waals surface area contributed by atoms with Crippen LogP contribution in [0.1, 0.15) is 6.42 Å². The highest BCUT2D eigenvalue weighted by Crippen LogP contribution is 1.89. The van der Waals surface area contributed by atoms with Crippen molar-refractivity contribution in [1.29, 1.82) is 5.26 Å². The fraction of sp³-hybridized carbons (Fsp3) is 0.571. The van der Waals surface area contributed by atoms with Gasteiger partial charge in [-0.1, -0.05) is 6.08 Å². The van der Waals surface area contributed by atoms with Crippen molar-refractivity contribution in [3.05, 3.63) is 12.7 Å². The number of hydrogen-bond donors (Lipinski definition) is 1. The van der Waals surface area contributed by atoms with E-state index in [0.29, 0.717) is 6.61 Å². The lowest BCUT2D eigenvalue weighted by molar-refractivity contribution is 0.0521. The van der Waals surface area contributed by atoms with Gasteiger partial charge in [0.2, 0.25) is 0 Å². The summed E-state index contributed by atoms with van der Waals surface area (Å²) in [6.45, 7) is 4.06. The van der Waals surface area contributed by atoms with Crippen LogP contribution in [0.5, 0.6) is 0 Å². The molecular formula is C7H11NO2. The molecule has 0 spiro atoms. The Kier molecular flexibility index (Phi) is 5.74. The molecule has 0 aliphatic rings. The molecule has 0 rings (SSSR count). The summed E-state index contributed by atoms with van der Waals surface area (Å²) in [6, 6.07) is 1.84. The van der Waals surface area contributed by atoms with E-state index in [-0.39, 0.29) is 13.0 Å². The molecule has 0 aliphatic heterocycles. The predicted octanol–water partition coefficient (Wildman–Crippen LogP) is 0.464. The van der Waals surface area contributed by atoms with Crippen LogP contribution in [0.4, 0.5) is 0 Å². The zero-order valence-corrected chi connectivity index (χ0v) is 5.79. The van der Waals surface area contributed by atoms with E-state index < -0.39 is 6.10 Å². The summed E-state index contributed by atoms with van der Waals surface area (Å²) in [7, 11) is 0. The van der Waals surface area contributed by atoms with Crippen LogP contribution in [0.2, 0.25) is 0 Å². The molecule has 56 valence electrons. The van der Waals surface area contributed by atoms with Crippen LogP contribution in [0.3, 0.4) is 0 Å². The highest BCUT2D eigenvalue weighted by atomic mass is 16.5. The van der Waals surface area contributed by atoms with E-state index in [9.17, 15) is 0 Å². The lowest BCUT2D eigenvalue weighted by atomic mass is 10.3. The van der Waals surface area contributed by atoms with Gasteiger partial charge >= 0.3 is 0 Å². The summed E-state index contributed by atoms with van der Waals surface area (Å²) in [5.41, 5.74) is 0. The maximum Gasteiger partial charge on any atom is 0.0903 e. The lowest BCUT2D eigenvalue weighted by Crippen LogP contribution is -2.14. The molecule has 0 saturated heterocycles. The maximum atomic E-state index is 8.89. The first-order chi connectivity index (χ1) is 4.81. The third-order valence-corrected chi connectivity index (χ3v) is 0.873. The lowest BCUT2D eigenvalue weighted by Gasteiger charge is -2.04. The summed E-state index contributed by atoms with van der Waals surface area (Å²) >= 11 is 0. The number of ether oxygens (including phenoxy) is 1. The van der Waals surface area contributed by atoms with Crippen molar-refractivity contribution >= 4 is 0 Å². The summed E-state index contributed by atoms with van der Waals surface area (Å²) in [4.78, 5) is 0. The van der Waals surface area contributed by atoms with Gasteiger partial charge in [0.1, 0.15) is 0 Å². The first kappa shape index (κ1) is 9.15. The van der Waals surface area contributed by atoms with Crippen LogP contribution in [0.15, 0.2) is 12.7 Å². The van der Waals surface area contributed by atoms with Gasteiger partial charge in [-0.25, -0.2) is 0 Å². The molecule has 0 aliphatic carbocycles. The van der Waals surface area contributed by atoms with Crippen LogP contribution < -0.4 is 0 Å². The average molecular weight is 141 g/mol. The average Bonchev–Trinajstić information content (AvgIpc) is 1.89. The molecule has 10 heavy (non-hydrogen) atoms. The van der Waals surface area contributed by atoms with Crippen molar-refractivity contribution in [2.24, 2.45) is 0 Å². The minimum atomic E-state index is -0.662.